The molecule has 1 aromatic rings. The van der Waals surface area contributed by atoms with Crippen LogP contribution in [0, 0.1) is 12.8 Å². The topological polar surface area (TPSA) is 58.6 Å². The first-order chi connectivity index (χ1) is 9.46. The summed E-state index contributed by atoms with van der Waals surface area (Å²) in [5.41, 5.74) is 1.95. The number of aryl methyl sites for hydroxylation is 1. The molecule has 1 rings (SSSR count). The number of carbonyl (C=O) groups excluding carboxylic acids is 1. The molecule has 1 unspecified atom stereocenters. The van der Waals surface area contributed by atoms with E-state index in [9.17, 15) is 9.90 Å². The van der Waals surface area contributed by atoms with E-state index in [0.29, 0.717) is 12.3 Å². The molecule has 0 saturated carbocycles. The Morgan fingerprint density at radius 2 is 2.10 bits per heavy atom. The number of carbonyl (C=O) groups is 1. The van der Waals surface area contributed by atoms with Crippen LogP contribution in [0.15, 0.2) is 18.2 Å². The van der Waals surface area contributed by atoms with E-state index < -0.39 is 0 Å². The van der Waals surface area contributed by atoms with E-state index in [2.05, 4.69) is 19.2 Å². The van der Waals surface area contributed by atoms with Crippen LogP contribution in [-0.2, 0) is 11.2 Å². The van der Waals surface area contributed by atoms with Crippen LogP contribution in [0.5, 0.6) is 5.75 Å². The molecule has 0 radical (unpaired) electrons. The first-order valence-electron chi connectivity index (χ1n) is 7.00. The number of ether oxygens (including phenoxy) is 1. The molecule has 0 aliphatic heterocycles. The third-order valence-corrected chi connectivity index (χ3v) is 3.18. The van der Waals surface area contributed by atoms with Crippen LogP contribution in [0.1, 0.15) is 31.4 Å². The minimum atomic E-state index is -0.171. The van der Waals surface area contributed by atoms with Gasteiger partial charge in [0.15, 0.2) is 0 Å². The van der Waals surface area contributed by atoms with Gasteiger partial charge in [-0.05, 0) is 36.5 Å². The maximum atomic E-state index is 12.0. The number of hydrogen-bond donors (Lipinski definition) is 2. The average Bonchev–Trinajstić information content (AvgIpc) is 2.39. The Morgan fingerprint density at radius 1 is 1.40 bits per heavy atom. The van der Waals surface area contributed by atoms with Crippen molar-refractivity contribution in [3.63, 3.8) is 0 Å². The van der Waals surface area contributed by atoms with Crippen molar-refractivity contribution in [2.45, 2.75) is 39.7 Å². The highest BCUT2D eigenvalue weighted by Gasteiger charge is 2.13. The quantitative estimate of drug-likeness (QED) is 0.803. The zero-order valence-electron chi connectivity index (χ0n) is 12.8. The molecule has 112 valence electrons. The lowest BCUT2D eigenvalue weighted by Gasteiger charge is -2.18. The Balaban J connectivity index is 2.61. The first-order valence-corrected chi connectivity index (χ1v) is 7.00. The minimum absolute atomic E-state index is 0.0266. The van der Waals surface area contributed by atoms with Crippen LogP contribution in [0.25, 0.3) is 0 Å². The van der Waals surface area contributed by atoms with Crippen LogP contribution >= 0.6 is 0 Å². The van der Waals surface area contributed by atoms with Gasteiger partial charge in [0.05, 0.1) is 26.2 Å². The normalized spacial score (nSPS) is 12.3. The van der Waals surface area contributed by atoms with Gasteiger partial charge in [-0.1, -0.05) is 26.0 Å². The van der Waals surface area contributed by atoms with Gasteiger partial charge < -0.3 is 15.2 Å². The standard InChI is InChI=1S/C16H25NO3/c1-11(2)7-14(10-18)17-16(19)9-13-6-5-12(3)15(8-13)20-4/h5-6,8,11,14,18H,7,9-10H2,1-4H3,(H,17,19). The maximum Gasteiger partial charge on any atom is 0.224 e. The second-order valence-electron chi connectivity index (χ2n) is 5.56. The Hall–Kier alpha value is -1.55. The highest BCUT2D eigenvalue weighted by Crippen LogP contribution is 2.19. The van der Waals surface area contributed by atoms with Crippen molar-refractivity contribution >= 4 is 5.91 Å². The zero-order valence-corrected chi connectivity index (χ0v) is 12.8. The Labute approximate surface area is 121 Å². The largest absolute Gasteiger partial charge is 0.496 e. The molecule has 1 aromatic carbocycles. The summed E-state index contributed by atoms with van der Waals surface area (Å²) in [5, 5.41) is 12.1. The summed E-state index contributed by atoms with van der Waals surface area (Å²) < 4.78 is 5.25. The van der Waals surface area contributed by atoms with Crippen LogP contribution < -0.4 is 10.1 Å². The Kier molecular flexibility index (Phi) is 6.52. The molecule has 0 aliphatic rings. The predicted molar refractivity (Wildman–Crippen MR) is 79.9 cm³/mol. The van der Waals surface area contributed by atoms with Crippen molar-refractivity contribution < 1.29 is 14.6 Å². The molecule has 0 aliphatic carbocycles. The summed E-state index contributed by atoms with van der Waals surface area (Å²) in [4.78, 5) is 12.0. The third kappa shape index (κ3) is 5.21. The van der Waals surface area contributed by atoms with Gasteiger partial charge in [-0.3, -0.25) is 4.79 Å². The van der Waals surface area contributed by atoms with Crippen molar-refractivity contribution in [1.29, 1.82) is 0 Å². The summed E-state index contributed by atoms with van der Waals surface area (Å²) in [7, 11) is 1.62. The van der Waals surface area contributed by atoms with Crippen LogP contribution in [0.4, 0.5) is 0 Å². The summed E-state index contributed by atoms with van der Waals surface area (Å²) in [5.74, 6) is 1.15. The fraction of sp³-hybridized carbons (Fsp3) is 0.562. The highest BCUT2D eigenvalue weighted by atomic mass is 16.5. The van der Waals surface area contributed by atoms with E-state index in [4.69, 9.17) is 4.74 Å². The van der Waals surface area contributed by atoms with Gasteiger partial charge in [-0.15, -0.1) is 0 Å². The molecular weight excluding hydrogens is 254 g/mol. The zero-order chi connectivity index (χ0) is 15.1. The number of methoxy groups -OCH3 is 1. The number of aliphatic hydroxyl groups excluding tert-OH is 1. The smallest absolute Gasteiger partial charge is 0.224 e. The van der Waals surface area contributed by atoms with Gasteiger partial charge in [0, 0.05) is 0 Å². The van der Waals surface area contributed by atoms with Gasteiger partial charge in [0.2, 0.25) is 5.91 Å². The fourth-order valence-electron chi connectivity index (χ4n) is 2.19. The van der Waals surface area contributed by atoms with Crippen molar-refractivity contribution in [1.82, 2.24) is 5.32 Å². The molecule has 4 nitrogen and oxygen atoms in total. The summed E-state index contributed by atoms with van der Waals surface area (Å²) in [6.07, 6.45) is 1.07. The predicted octanol–water partition coefficient (Wildman–Crippen LogP) is 2.07. The number of rotatable bonds is 7. The van der Waals surface area contributed by atoms with E-state index in [1.165, 1.54) is 0 Å². The molecule has 0 fully saturated rings. The SMILES string of the molecule is COc1cc(CC(=O)NC(CO)CC(C)C)ccc1C. The lowest BCUT2D eigenvalue weighted by molar-refractivity contribution is -0.121. The van der Waals surface area contributed by atoms with Gasteiger partial charge >= 0.3 is 0 Å². The highest BCUT2D eigenvalue weighted by molar-refractivity contribution is 5.79. The van der Waals surface area contributed by atoms with Crippen LogP contribution in [0.2, 0.25) is 0 Å². The second-order valence-corrected chi connectivity index (χ2v) is 5.56. The van der Waals surface area contributed by atoms with Crippen molar-refractivity contribution in [3.8, 4) is 5.75 Å². The minimum Gasteiger partial charge on any atom is -0.496 e. The second kappa shape index (κ2) is 7.90. The molecule has 0 aromatic heterocycles. The van der Waals surface area contributed by atoms with Gasteiger partial charge in [0.25, 0.3) is 0 Å². The number of benzene rings is 1. The summed E-state index contributed by atoms with van der Waals surface area (Å²) >= 11 is 0. The van der Waals surface area contributed by atoms with Gasteiger partial charge in [-0.25, -0.2) is 0 Å². The number of aliphatic hydroxyl groups is 1. The third-order valence-electron chi connectivity index (χ3n) is 3.18. The summed E-state index contributed by atoms with van der Waals surface area (Å²) in [6.45, 7) is 6.08. The molecular formula is C16H25NO3. The Morgan fingerprint density at radius 3 is 2.65 bits per heavy atom. The monoisotopic (exact) mass is 279 g/mol. The van der Waals surface area contributed by atoms with Crippen LogP contribution in [-0.4, -0.2) is 30.8 Å². The number of hydrogen-bond acceptors (Lipinski definition) is 3. The molecule has 2 N–H and O–H groups in total. The molecule has 0 saturated heterocycles. The molecule has 0 bridgehead atoms. The van der Waals surface area contributed by atoms with Crippen molar-refractivity contribution in [3.05, 3.63) is 29.3 Å². The lowest BCUT2D eigenvalue weighted by atomic mass is 10.0. The van der Waals surface area contributed by atoms with Gasteiger partial charge in [-0.2, -0.15) is 0 Å². The lowest BCUT2D eigenvalue weighted by Crippen LogP contribution is -2.39. The molecule has 20 heavy (non-hydrogen) atoms. The van der Waals surface area contributed by atoms with E-state index in [0.717, 1.165) is 23.3 Å². The molecule has 1 amide bonds. The van der Waals surface area contributed by atoms with Crippen LogP contribution in [0.3, 0.4) is 0 Å². The Bertz CT molecular complexity index is 443. The maximum absolute atomic E-state index is 12.0. The molecule has 1 atom stereocenters. The van der Waals surface area contributed by atoms with Crippen molar-refractivity contribution in [2.24, 2.45) is 5.92 Å². The number of nitrogens with one attached hydrogen (secondary N) is 1. The van der Waals surface area contributed by atoms with E-state index in [-0.39, 0.29) is 18.6 Å². The number of amides is 1. The van der Waals surface area contributed by atoms with E-state index in [1.807, 2.05) is 25.1 Å². The average molecular weight is 279 g/mol. The molecule has 0 heterocycles. The molecule has 0 spiro atoms. The molecule has 4 heteroatoms. The van der Waals surface area contributed by atoms with E-state index >= 15 is 0 Å². The summed E-state index contributed by atoms with van der Waals surface area (Å²) in [6, 6.07) is 5.58. The van der Waals surface area contributed by atoms with Gasteiger partial charge in [0.1, 0.15) is 5.75 Å². The fourth-order valence-corrected chi connectivity index (χ4v) is 2.19. The first kappa shape index (κ1) is 16.5. The van der Waals surface area contributed by atoms with E-state index in [1.54, 1.807) is 7.11 Å². The van der Waals surface area contributed by atoms with Crippen molar-refractivity contribution in [2.75, 3.05) is 13.7 Å².